The Labute approximate surface area is 162 Å². The van der Waals surface area contributed by atoms with Crippen molar-refractivity contribution in [3.05, 3.63) is 77.9 Å². The van der Waals surface area contributed by atoms with Gasteiger partial charge in [-0.15, -0.1) is 11.8 Å². The Bertz CT molecular complexity index is 1020. The lowest BCUT2D eigenvalue weighted by Gasteiger charge is -2.17. The maximum absolute atomic E-state index is 10.5. The lowest BCUT2D eigenvalue weighted by molar-refractivity contribution is 0.407. The maximum atomic E-state index is 10.5. The van der Waals surface area contributed by atoms with Crippen LogP contribution in [0, 0.1) is 0 Å². The molecule has 4 rings (SSSR count). The van der Waals surface area contributed by atoms with Gasteiger partial charge >= 0.3 is 0 Å². The smallest absolute Gasteiger partial charge is 0.128 e. The molecule has 0 saturated heterocycles. The molecule has 1 aliphatic rings. The van der Waals surface area contributed by atoms with Crippen LogP contribution in [-0.2, 0) is 0 Å². The molecule has 0 fully saturated rings. The quantitative estimate of drug-likeness (QED) is 0.636. The number of nitrogens with zero attached hydrogens (tertiary/aromatic N) is 1. The number of phenolic OH excluding ortho intramolecular Hbond substituents is 2. The van der Waals surface area contributed by atoms with Gasteiger partial charge in [0.2, 0.25) is 0 Å². The fourth-order valence-corrected chi connectivity index (χ4v) is 4.40. The molecular formula is C22H19NO3S. The first-order valence-corrected chi connectivity index (χ1v) is 9.51. The summed E-state index contributed by atoms with van der Waals surface area (Å²) in [6.45, 7) is 0. The Kier molecular flexibility index (Phi) is 4.77. The van der Waals surface area contributed by atoms with E-state index in [1.54, 1.807) is 37.1 Å². The second-order valence-electron chi connectivity index (χ2n) is 6.31. The third-order valence-corrected chi connectivity index (χ3v) is 5.85. The predicted molar refractivity (Wildman–Crippen MR) is 109 cm³/mol. The summed E-state index contributed by atoms with van der Waals surface area (Å²) in [6, 6.07) is 20.6. The molecule has 0 amide bonds. The molecule has 0 unspecified atom stereocenters. The lowest BCUT2D eigenvalue weighted by Crippen LogP contribution is -2.06. The van der Waals surface area contributed by atoms with Gasteiger partial charge in [0.25, 0.3) is 0 Å². The molecule has 1 atom stereocenters. The van der Waals surface area contributed by atoms with Gasteiger partial charge in [0.05, 0.1) is 18.5 Å². The first kappa shape index (κ1) is 17.5. The highest BCUT2D eigenvalue weighted by Crippen LogP contribution is 2.46. The van der Waals surface area contributed by atoms with Crippen molar-refractivity contribution in [2.75, 3.05) is 7.11 Å². The zero-order valence-corrected chi connectivity index (χ0v) is 15.6. The van der Waals surface area contributed by atoms with Crippen molar-refractivity contribution in [3.8, 4) is 17.2 Å². The van der Waals surface area contributed by atoms with E-state index in [9.17, 15) is 10.2 Å². The highest BCUT2D eigenvalue weighted by molar-refractivity contribution is 7.99. The summed E-state index contributed by atoms with van der Waals surface area (Å²) in [7, 11) is 1.57. The van der Waals surface area contributed by atoms with Crippen LogP contribution in [0.15, 0.2) is 76.6 Å². The number of para-hydroxylation sites is 1. The minimum Gasteiger partial charge on any atom is -0.508 e. The Balaban J connectivity index is 1.81. The fraction of sp³-hybridized carbons (Fsp3) is 0.136. The van der Waals surface area contributed by atoms with E-state index >= 15 is 0 Å². The first-order valence-electron chi connectivity index (χ1n) is 8.63. The highest BCUT2D eigenvalue weighted by atomic mass is 32.2. The van der Waals surface area contributed by atoms with Gasteiger partial charge in [-0.3, -0.25) is 4.99 Å². The molecule has 0 aromatic heterocycles. The highest BCUT2D eigenvalue weighted by Gasteiger charge is 2.24. The number of rotatable bonds is 3. The minimum absolute atomic E-state index is 0.0704. The lowest BCUT2D eigenvalue weighted by atomic mass is 10.00. The zero-order valence-electron chi connectivity index (χ0n) is 14.8. The van der Waals surface area contributed by atoms with Gasteiger partial charge in [0, 0.05) is 28.2 Å². The average molecular weight is 377 g/mol. The van der Waals surface area contributed by atoms with Gasteiger partial charge in [0.15, 0.2) is 0 Å². The number of hydrogen-bond acceptors (Lipinski definition) is 5. The minimum atomic E-state index is 0.0704. The number of aromatic hydroxyl groups is 2. The van der Waals surface area contributed by atoms with Crippen molar-refractivity contribution in [3.63, 3.8) is 0 Å². The molecule has 27 heavy (non-hydrogen) atoms. The molecule has 3 aromatic rings. The summed E-state index contributed by atoms with van der Waals surface area (Å²) in [5.41, 5.74) is 3.41. The van der Waals surface area contributed by atoms with Crippen molar-refractivity contribution >= 4 is 23.2 Å². The second-order valence-corrected chi connectivity index (χ2v) is 7.56. The Morgan fingerprint density at radius 1 is 1.00 bits per heavy atom. The molecule has 2 N–H and O–H groups in total. The Hall–Kier alpha value is -2.92. The van der Waals surface area contributed by atoms with Gasteiger partial charge in [0.1, 0.15) is 17.2 Å². The van der Waals surface area contributed by atoms with Crippen LogP contribution in [0.4, 0.5) is 5.69 Å². The van der Waals surface area contributed by atoms with E-state index in [1.165, 1.54) is 0 Å². The number of aliphatic imine (C=N–C) groups is 1. The van der Waals surface area contributed by atoms with Crippen molar-refractivity contribution in [1.29, 1.82) is 0 Å². The van der Waals surface area contributed by atoms with E-state index in [1.807, 2.05) is 42.5 Å². The third-order valence-electron chi connectivity index (χ3n) is 4.53. The fourth-order valence-electron chi connectivity index (χ4n) is 3.17. The van der Waals surface area contributed by atoms with Crippen molar-refractivity contribution < 1.29 is 14.9 Å². The monoisotopic (exact) mass is 377 g/mol. The van der Waals surface area contributed by atoms with E-state index in [2.05, 4.69) is 6.07 Å². The van der Waals surface area contributed by atoms with Crippen LogP contribution in [0.5, 0.6) is 17.2 Å². The van der Waals surface area contributed by atoms with Crippen molar-refractivity contribution in [2.24, 2.45) is 4.99 Å². The summed E-state index contributed by atoms with van der Waals surface area (Å²) in [5, 5.41) is 20.5. The SMILES string of the molecule is COc1ccc(C2=Nc3ccccc3S[C@H](c3cccc(O)c3)C2)c(O)c1. The summed E-state index contributed by atoms with van der Waals surface area (Å²) in [5.74, 6) is 0.994. The van der Waals surface area contributed by atoms with Crippen molar-refractivity contribution in [1.82, 2.24) is 0 Å². The van der Waals surface area contributed by atoms with E-state index in [0.29, 0.717) is 17.7 Å². The van der Waals surface area contributed by atoms with Gasteiger partial charge in [-0.05, 0) is 42.0 Å². The van der Waals surface area contributed by atoms with Gasteiger partial charge < -0.3 is 14.9 Å². The van der Waals surface area contributed by atoms with Crippen LogP contribution in [-0.4, -0.2) is 23.0 Å². The van der Waals surface area contributed by atoms with Crippen LogP contribution in [0.25, 0.3) is 0 Å². The molecule has 0 aliphatic carbocycles. The summed E-state index contributed by atoms with van der Waals surface area (Å²) < 4.78 is 5.19. The predicted octanol–water partition coefficient (Wildman–Crippen LogP) is 5.46. The van der Waals surface area contributed by atoms with Crippen LogP contribution in [0.1, 0.15) is 22.8 Å². The van der Waals surface area contributed by atoms with Crippen molar-refractivity contribution in [2.45, 2.75) is 16.6 Å². The van der Waals surface area contributed by atoms with Gasteiger partial charge in [-0.2, -0.15) is 0 Å². The number of benzene rings is 3. The third kappa shape index (κ3) is 3.64. The molecule has 1 heterocycles. The summed E-state index contributed by atoms with van der Waals surface area (Å²) in [4.78, 5) is 5.93. The number of phenols is 2. The molecule has 0 saturated carbocycles. The number of thioether (sulfide) groups is 1. The van der Waals surface area contributed by atoms with E-state index < -0.39 is 0 Å². The summed E-state index contributed by atoms with van der Waals surface area (Å²) in [6.07, 6.45) is 0.628. The Morgan fingerprint density at radius 3 is 2.63 bits per heavy atom. The molecular weight excluding hydrogens is 358 g/mol. The van der Waals surface area contributed by atoms with E-state index in [0.717, 1.165) is 21.9 Å². The number of methoxy groups -OCH3 is 1. The first-order chi connectivity index (χ1) is 13.1. The Morgan fingerprint density at radius 2 is 1.85 bits per heavy atom. The molecule has 1 aliphatic heterocycles. The maximum Gasteiger partial charge on any atom is 0.128 e. The van der Waals surface area contributed by atoms with Crippen LogP contribution < -0.4 is 4.74 Å². The summed E-state index contributed by atoms with van der Waals surface area (Å²) >= 11 is 1.72. The zero-order chi connectivity index (χ0) is 18.8. The standard InChI is InChI=1S/C22H19NO3S/c1-26-16-9-10-17(20(25)12-16)19-13-22(14-5-4-6-15(24)11-14)27-21-8-3-2-7-18(21)23-19/h2-12,22,24-25H,13H2,1H3/t22-/m0/s1. The molecule has 0 radical (unpaired) electrons. The molecule has 5 heteroatoms. The number of fused-ring (bicyclic) bond motifs is 1. The van der Waals surface area contributed by atoms with Crippen LogP contribution in [0.3, 0.4) is 0 Å². The average Bonchev–Trinajstić information content (AvgIpc) is 2.87. The molecule has 136 valence electrons. The van der Waals surface area contributed by atoms with E-state index in [4.69, 9.17) is 9.73 Å². The topological polar surface area (TPSA) is 62.0 Å². The number of ether oxygens (including phenoxy) is 1. The molecule has 3 aromatic carbocycles. The molecule has 4 nitrogen and oxygen atoms in total. The van der Waals surface area contributed by atoms with E-state index in [-0.39, 0.29) is 16.7 Å². The normalized spacial score (nSPS) is 16.2. The largest absolute Gasteiger partial charge is 0.508 e. The van der Waals surface area contributed by atoms with Crippen LogP contribution >= 0.6 is 11.8 Å². The van der Waals surface area contributed by atoms with Gasteiger partial charge in [-0.25, -0.2) is 0 Å². The number of hydrogen-bond donors (Lipinski definition) is 2. The van der Waals surface area contributed by atoms with Crippen LogP contribution in [0.2, 0.25) is 0 Å². The second kappa shape index (κ2) is 7.37. The molecule has 0 bridgehead atoms. The molecule has 0 spiro atoms. The van der Waals surface area contributed by atoms with Gasteiger partial charge in [-0.1, -0.05) is 24.3 Å².